The monoisotopic (exact) mass is 958 g/mol. The van der Waals surface area contributed by atoms with E-state index in [0.717, 1.165) is 62.2 Å². The van der Waals surface area contributed by atoms with Gasteiger partial charge in [-0.1, -0.05) is 60.7 Å². The van der Waals surface area contributed by atoms with Crippen LogP contribution in [-0.4, -0.2) is 73.8 Å². The number of aliphatic hydroxyl groups is 1. The summed E-state index contributed by atoms with van der Waals surface area (Å²) in [7, 11) is 1.40. The lowest BCUT2D eigenvalue weighted by atomic mass is 9.57. The van der Waals surface area contributed by atoms with Gasteiger partial charge in [0.15, 0.2) is 11.5 Å². The molecule has 368 valence electrons. The SMILES string of the molecule is COc1cc([C@H]2CC(=O)C[C@H](OC(C)=O)CC[C@]34C=CC=C[C@@H]3CC=C[C@@H]4c3c[nH]cc3C[C@H](c3cccc(O)c3)C3=CCNC(=C3)N(CCC(C)=O)c3ccc4c5c(n2cc35)CC[C@H]4O)cc(O)c1O. The standard InChI is InChI=1S/C58H62N4O9/c1-34(63)19-23-61-49-14-13-44-52(67)16-15-50-56(44)47(49)33-62(50)51(38-26-53(68)57(69)54(27-38)70-3)30-42(66)29-43(71-35(2)64)17-21-58-20-5-4-9-40(58)10-7-12-48(58)46-32-59-31-39(46)25-45(36-8-6-11-41(65)24-36)37-18-22-60-55(61)28-37/h4-9,11-14,18,20,24,26-28,31-33,40,43,45,48,51-52,59-60,65,67-69H,10,15-17,19,21-23,25,29-30H2,1-3H3/t40-,43-,45-,48-,51-,52-,58-/m1/s1. The number of carbonyl (C=O) groups is 3. The van der Waals surface area contributed by atoms with Gasteiger partial charge in [-0.3, -0.25) is 14.4 Å². The molecule has 6 N–H and O–H groups in total. The molecule has 0 unspecified atom stereocenters. The first-order valence-corrected chi connectivity index (χ1v) is 24.8. The Kier molecular flexibility index (Phi) is 13.0. The molecule has 4 heterocycles. The molecule has 5 aromatic rings. The van der Waals surface area contributed by atoms with E-state index >= 15 is 0 Å². The van der Waals surface area contributed by atoms with Crippen molar-refractivity contribution in [1.29, 1.82) is 0 Å². The van der Waals surface area contributed by atoms with Crippen LogP contribution in [0.15, 0.2) is 127 Å². The number of esters is 1. The number of phenolic OH excluding ortho intramolecular Hbond substituents is 3. The summed E-state index contributed by atoms with van der Waals surface area (Å²) in [4.78, 5) is 46.3. The normalized spacial score (nSPS) is 25.2. The van der Waals surface area contributed by atoms with Crippen molar-refractivity contribution in [2.45, 2.75) is 102 Å². The fraction of sp³-hybridized carbons (Fsp3) is 0.362. The predicted molar refractivity (Wildman–Crippen MR) is 272 cm³/mol. The van der Waals surface area contributed by atoms with Gasteiger partial charge >= 0.3 is 5.97 Å². The number of anilines is 1. The molecular formula is C58H62N4O9. The third-order valence-electron chi connectivity index (χ3n) is 15.6. The van der Waals surface area contributed by atoms with Gasteiger partial charge in [0.1, 0.15) is 29.2 Å². The number of aliphatic hydroxyl groups excluding tert-OH is 1. The number of aryl methyl sites for hydroxylation is 1. The number of H-pyrrole nitrogens is 1. The molecule has 0 amide bonds. The molecule has 7 atom stereocenters. The minimum absolute atomic E-state index is 0.0200. The number of aromatic hydroxyl groups is 3. The van der Waals surface area contributed by atoms with E-state index in [0.29, 0.717) is 50.8 Å². The van der Waals surface area contributed by atoms with Gasteiger partial charge in [0.05, 0.1) is 24.9 Å². The van der Waals surface area contributed by atoms with Gasteiger partial charge in [0, 0.05) is 91.6 Å². The van der Waals surface area contributed by atoms with E-state index in [2.05, 4.69) is 86.8 Å². The van der Waals surface area contributed by atoms with Crippen molar-refractivity contribution in [3.05, 3.63) is 161 Å². The fourth-order valence-corrected chi connectivity index (χ4v) is 12.2. The van der Waals surface area contributed by atoms with Crippen LogP contribution in [0.5, 0.6) is 23.0 Å². The zero-order chi connectivity index (χ0) is 49.6. The van der Waals surface area contributed by atoms with Crippen LogP contribution in [0.25, 0.3) is 10.8 Å². The van der Waals surface area contributed by atoms with Crippen LogP contribution < -0.4 is 15.0 Å². The lowest BCUT2D eigenvalue weighted by molar-refractivity contribution is -0.148. The molecule has 10 rings (SSSR count). The Morgan fingerprint density at radius 2 is 1.80 bits per heavy atom. The van der Waals surface area contributed by atoms with Crippen molar-refractivity contribution in [2.75, 3.05) is 25.1 Å². The number of rotatable bonds is 7. The van der Waals surface area contributed by atoms with E-state index in [9.17, 15) is 34.8 Å². The Labute approximate surface area is 413 Å². The number of dihydropyridines is 1. The number of methoxy groups -OCH3 is 1. The summed E-state index contributed by atoms with van der Waals surface area (Å²) >= 11 is 0. The predicted octanol–water partition coefficient (Wildman–Crippen LogP) is 9.69. The Balaban J connectivity index is 1.20. The molecule has 2 aromatic heterocycles. The van der Waals surface area contributed by atoms with Crippen molar-refractivity contribution < 1.29 is 44.3 Å². The number of hydrogen-bond donors (Lipinski definition) is 6. The molecular weight excluding hydrogens is 897 g/mol. The number of benzene rings is 3. The highest BCUT2D eigenvalue weighted by Gasteiger charge is 2.46. The molecule has 5 aliphatic rings. The van der Waals surface area contributed by atoms with Crippen molar-refractivity contribution in [2.24, 2.45) is 11.3 Å². The number of nitrogens with zero attached hydrogens (tertiary/aromatic N) is 2. The van der Waals surface area contributed by atoms with E-state index in [1.54, 1.807) is 19.1 Å². The van der Waals surface area contributed by atoms with E-state index in [1.807, 2.05) is 30.5 Å². The molecule has 0 saturated heterocycles. The number of aromatic nitrogens is 2. The third kappa shape index (κ3) is 9.07. The summed E-state index contributed by atoms with van der Waals surface area (Å²) in [5.41, 5.74) is 6.75. The second kappa shape index (κ2) is 19.5. The molecule has 1 spiro atoms. The molecule has 13 nitrogen and oxygen atoms in total. The molecule has 0 radical (unpaired) electrons. The second-order valence-corrected chi connectivity index (χ2v) is 19.9. The molecule has 13 heteroatoms. The fourth-order valence-electron chi connectivity index (χ4n) is 12.2. The third-order valence-corrected chi connectivity index (χ3v) is 15.6. The van der Waals surface area contributed by atoms with Crippen LogP contribution in [0.4, 0.5) is 5.69 Å². The number of hydrogen-bond acceptors (Lipinski definition) is 11. The molecule has 0 saturated carbocycles. The average molecular weight is 959 g/mol. The summed E-state index contributed by atoms with van der Waals surface area (Å²) in [6.45, 7) is 3.78. The maximum atomic E-state index is 14.9. The maximum absolute atomic E-state index is 14.9. The number of allylic oxidation sites excluding steroid dienone is 8. The van der Waals surface area contributed by atoms with Gasteiger partial charge in [-0.25, -0.2) is 0 Å². The number of Topliss-reactive ketones (excluding diaryl/α,β-unsaturated/α-hetero) is 2. The van der Waals surface area contributed by atoms with Crippen molar-refractivity contribution in [3.63, 3.8) is 0 Å². The molecule has 0 fully saturated rings. The van der Waals surface area contributed by atoms with Crippen molar-refractivity contribution >= 4 is 34.0 Å². The molecule has 4 bridgehead atoms. The Bertz CT molecular complexity index is 3060. The van der Waals surface area contributed by atoms with E-state index < -0.39 is 41.1 Å². The number of fused-ring (bicyclic) bond motifs is 5. The summed E-state index contributed by atoms with van der Waals surface area (Å²) in [5.74, 6) is -0.602. The Morgan fingerprint density at radius 1 is 0.944 bits per heavy atom. The minimum atomic E-state index is -0.753. The first kappa shape index (κ1) is 47.4. The zero-order valence-electron chi connectivity index (χ0n) is 40.4. The van der Waals surface area contributed by atoms with Crippen LogP contribution in [0.1, 0.15) is 116 Å². The smallest absolute Gasteiger partial charge is 0.302 e. The lowest BCUT2D eigenvalue weighted by Gasteiger charge is -2.47. The summed E-state index contributed by atoms with van der Waals surface area (Å²) in [6, 6.07) is 13.7. The van der Waals surface area contributed by atoms with Gasteiger partial charge in [0.25, 0.3) is 0 Å². The van der Waals surface area contributed by atoms with E-state index in [1.165, 1.54) is 20.1 Å². The van der Waals surface area contributed by atoms with Gasteiger partial charge in [0.2, 0.25) is 5.75 Å². The van der Waals surface area contributed by atoms with Gasteiger partial charge in [-0.2, -0.15) is 0 Å². The Hall–Kier alpha value is -7.25. The topological polar surface area (TPSA) is 187 Å². The van der Waals surface area contributed by atoms with Crippen LogP contribution >= 0.6 is 0 Å². The zero-order valence-corrected chi connectivity index (χ0v) is 40.4. The number of ether oxygens (including phenoxy) is 2. The second-order valence-electron chi connectivity index (χ2n) is 19.9. The number of carbonyl (C=O) groups excluding carboxylic acids is 3. The highest BCUT2D eigenvalue weighted by Crippen LogP contribution is 2.55. The highest BCUT2D eigenvalue weighted by atomic mass is 16.5. The van der Waals surface area contributed by atoms with Crippen LogP contribution in [0.2, 0.25) is 0 Å². The van der Waals surface area contributed by atoms with Gasteiger partial charge in [-0.15, -0.1) is 0 Å². The molecule has 2 aliphatic heterocycles. The van der Waals surface area contributed by atoms with Gasteiger partial charge < -0.3 is 49.7 Å². The van der Waals surface area contributed by atoms with E-state index in [-0.39, 0.29) is 60.1 Å². The first-order chi connectivity index (χ1) is 34.3. The van der Waals surface area contributed by atoms with Crippen LogP contribution in [0.3, 0.4) is 0 Å². The number of phenols is 3. The van der Waals surface area contributed by atoms with E-state index in [4.69, 9.17) is 9.47 Å². The number of ketones is 2. The average Bonchev–Trinajstić information content (AvgIpc) is 3.98. The largest absolute Gasteiger partial charge is 0.508 e. The summed E-state index contributed by atoms with van der Waals surface area (Å²) in [5, 5.41) is 49.8. The van der Waals surface area contributed by atoms with Crippen molar-refractivity contribution in [1.82, 2.24) is 14.9 Å². The van der Waals surface area contributed by atoms with Crippen LogP contribution in [0, 0.1) is 11.3 Å². The summed E-state index contributed by atoms with van der Waals surface area (Å²) in [6.07, 6.45) is 25.9. The highest BCUT2D eigenvalue weighted by molar-refractivity contribution is 6.00. The number of nitrogens with one attached hydrogen (secondary N) is 2. The lowest BCUT2D eigenvalue weighted by Crippen LogP contribution is -2.38. The quantitative estimate of drug-likeness (QED) is 0.0518. The number of aromatic amines is 1. The van der Waals surface area contributed by atoms with Crippen LogP contribution in [-0.2, 0) is 32.0 Å². The minimum Gasteiger partial charge on any atom is -0.508 e. The molecule has 3 aromatic carbocycles. The molecule has 71 heavy (non-hydrogen) atoms. The first-order valence-electron chi connectivity index (χ1n) is 24.8. The Morgan fingerprint density at radius 3 is 2.61 bits per heavy atom. The van der Waals surface area contributed by atoms with Gasteiger partial charge in [-0.05, 0) is 121 Å². The van der Waals surface area contributed by atoms with Crippen molar-refractivity contribution in [3.8, 4) is 23.0 Å². The maximum Gasteiger partial charge on any atom is 0.302 e. The molecule has 3 aliphatic carbocycles. The summed E-state index contributed by atoms with van der Waals surface area (Å²) < 4.78 is 13.7.